The normalized spacial score (nSPS) is 19.5. The van der Waals surface area contributed by atoms with Crippen molar-refractivity contribution in [3.05, 3.63) is 30.1 Å². The van der Waals surface area contributed by atoms with Gasteiger partial charge in [-0.15, -0.1) is 10.2 Å². The Morgan fingerprint density at radius 3 is 2.86 bits per heavy atom. The Labute approximate surface area is 123 Å². The SMILES string of the molecule is Cc1nnc2c(N3CCCC[C@@H]3C)nc3ccccc3n12. The van der Waals surface area contributed by atoms with Gasteiger partial charge in [0, 0.05) is 12.6 Å². The maximum absolute atomic E-state index is 4.89. The van der Waals surface area contributed by atoms with Crippen LogP contribution in [-0.2, 0) is 0 Å². The molecule has 1 aliphatic rings. The van der Waals surface area contributed by atoms with Gasteiger partial charge in [0.2, 0.25) is 5.65 Å². The topological polar surface area (TPSA) is 46.3 Å². The van der Waals surface area contributed by atoms with Crippen LogP contribution < -0.4 is 4.90 Å². The zero-order chi connectivity index (χ0) is 14.4. The van der Waals surface area contributed by atoms with Crippen molar-refractivity contribution in [3.63, 3.8) is 0 Å². The second-order valence-corrected chi connectivity index (χ2v) is 5.87. The number of aryl methyl sites for hydroxylation is 1. The molecule has 3 heterocycles. The van der Waals surface area contributed by atoms with Crippen LogP contribution in [0.3, 0.4) is 0 Å². The Morgan fingerprint density at radius 1 is 1.14 bits per heavy atom. The van der Waals surface area contributed by atoms with Gasteiger partial charge in [0.25, 0.3) is 0 Å². The largest absolute Gasteiger partial charge is 0.351 e. The van der Waals surface area contributed by atoms with E-state index in [0.29, 0.717) is 6.04 Å². The summed E-state index contributed by atoms with van der Waals surface area (Å²) in [6, 6.07) is 8.71. The third-order valence-corrected chi connectivity index (χ3v) is 4.45. The summed E-state index contributed by atoms with van der Waals surface area (Å²) in [5.41, 5.74) is 2.95. The Bertz CT molecular complexity index is 807. The van der Waals surface area contributed by atoms with E-state index in [9.17, 15) is 0 Å². The quantitative estimate of drug-likeness (QED) is 0.688. The average Bonchev–Trinajstić information content (AvgIpc) is 2.90. The number of nitrogens with zero attached hydrogens (tertiary/aromatic N) is 5. The number of rotatable bonds is 1. The number of hydrogen-bond acceptors (Lipinski definition) is 4. The molecule has 0 unspecified atom stereocenters. The molecule has 0 amide bonds. The molecule has 2 aromatic heterocycles. The molecule has 1 aliphatic heterocycles. The summed E-state index contributed by atoms with van der Waals surface area (Å²) in [5, 5.41) is 8.66. The molecule has 0 saturated carbocycles. The first-order chi connectivity index (χ1) is 10.3. The van der Waals surface area contributed by atoms with Crippen molar-refractivity contribution in [2.45, 2.75) is 39.2 Å². The molecular formula is C16H19N5. The predicted octanol–water partition coefficient (Wildman–Crippen LogP) is 2.96. The fraction of sp³-hybridized carbons (Fsp3) is 0.438. The van der Waals surface area contributed by atoms with Crippen LogP contribution in [0.25, 0.3) is 16.7 Å². The van der Waals surface area contributed by atoms with Gasteiger partial charge in [0.05, 0.1) is 11.0 Å². The number of hydrogen-bond donors (Lipinski definition) is 0. The molecule has 0 aliphatic carbocycles. The van der Waals surface area contributed by atoms with Gasteiger partial charge in [0.15, 0.2) is 5.82 Å². The van der Waals surface area contributed by atoms with Crippen molar-refractivity contribution >= 4 is 22.5 Å². The van der Waals surface area contributed by atoms with Gasteiger partial charge in [0.1, 0.15) is 5.82 Å². The van der Waals surface area contributed by atoms with Gasteiger partial charge in [-0.25, -0.2) is 4.98 Å². The minimum atomic E-state index is 0.508. The van der Waals surface area contributed by atoms with Gasteiger partial charge >= 0.3 is 0 Å². The zero-order valence-electron chi connectivity index (χ0n) is 12.5. The molecule has 4 rings (SSSR count). The van der Waals surface area contributed by atoms with E-state index in [1.54, 1.807) is 0 Å². The first kappa shape index (κ1) is 12.6. The van der Waals surface area contributed by atoms with Crippen molar-refractivity contribution in [1.29, 1.82) is 0 Å². The molecule has 0 bridgehead atoms. The highest BCUT2D eigenvalue weighted by molar-refractivity contribution is 5.83. The Balaban J connectivity index is 2.03. The van der Waals surface area contributed by atoms with Crippen molar-refractivity contribution < 1.29 is 0 Å². The summed E-state index contributed by atoms with van der Waals surface area (Å²) in [5.74, 6) is 1.89. The van der Waals surface area contributed by atoms with E-state index in [1.807, 2.05) is 19.1 Å². The molecule has 1 aromatic carbocycles. The summed E-state index contributed by atoms with van der Waals surface area (Å²) in [6.45, 7) is 5.32. The lowest BCUT2D eigenvalue weighted by Crippen LogP contribution is -2.38. The van der Waals surface area contributed by atoms with Crippen LogP contribution in [0, 0.1) is 6.92 Å². The number of aromatic nitrogens is 4. The standard InChI is InChI=1S/C16H19N5/c1-11-7-5-6-10-20(11)15-16-19-18-12(2)21(16)14-9-4-3-8-13(14)17-15/h3-4,8-9,11H,5-7,10H2,1-2H3/t11-/m0/s1. The highest BCUT2D eigenvalue weighted by Gasteiger charge is 2.24. The van der Waals surface area contributed by atoms with E-state index in [2.05, 4.69) is 38.6 Å². The van der Waals surface area contributed by atoms with E-state index in [0.717, 1.165) is 34.9 Å². The van der Waals surface area contributed by atoms with E-state index in [1.165, 1.54) is 19.3 Å². The molecule has 108 valence electrons. The molecule has 21 heavy (non-hydrogen) atoms. The van der Waals surface area contributed by atoms with Crippen LogP contribution in [0.1, 0.15) is 32.0 Å². The van der Waals surface area contributed by atoms with Crippen LogP contribution in [0.4, 0.5) is 5.82 Å². The third-order valence-electron chi connectivity index (χ3n) is 4.45. The molecule has 0 radical (unpaired) electrons. The maximum atomic E-state index is 4.89. The minimum Gasteiger partial charge on any atom is -0.351 e. The second kappa shape index (κ2) is 4.69. The number of benzene rings is 1. The fourth-order valence-corrected chi connectivity index (χ4v) is 3.31. The number of piperidine rings is 1. The highest BCUT2D eigenvalue weighted by Crippen LogP contribution is 2.29. The second-order valence-electron chi connectivity index (χ2n) is 5.87. The lowest BCUT2D eigenvalue weighted by molar-refractivity contribution is 0.482. The van der Waals surface area contributed by atoms with Gasteiger partial charge < -0.3 is 4.90 Å². The smallest absolute Gasteiger partial charge is 0.204 e. The summed E-state index contributed by atoms with van der Waals surface area (Å²) in [4.78, 5) is 7.28. The number of para-hydroxylation sites is 2. The molecule has 1 saturated heterocycles. The van der Waals surface area contributed by atoms with Crippen LogP contribution >= 0.6 is 0 Å². The molecule has 1 fully saturated rings. The van der Waals surface area contributed by atoms with Crippen LogP contribution in [0.5, 0.6) is 0 Å². The van der Waals surface area contributed by atoms with E-state index in [4.69, 9.17) is 4.98 Å². The van der Waals surface area contributed by atoms with Crippen molar-refractivity contribution in [3.8, 4) is 0 Å². The first-order valence-electron chi connectivity index (χ1n) is 7.63. The maximum Gasteiger partial charge on any atom is 0.204 e. The van der Waals surface area contributed by atoms with Crippen molar-refractivity contribution in [2.75, 3.05) is 11.4 Å². The molecule has 5 heteroatoms. The Hall–Kier alpha value is -2.17. The zero-order valence-corrected chi connectivity index (χ0v) is 12.5. The number of fused-ring (bicyclic) bond motifs is 3. The van der Waals surface area contributed by atoms with Crippen LogP contribution in [0.15, 0.2) is 24.3 Å². The third kappa shape index (κ3) is 1.87. The lowest BCUT2D eigenvalue weighted by Gasteiger charge is -2.34. The van der Waals surface area contributed by atoms with Crippen molar-refractivity contribution in [2.24, 2.45) is 0 Å². The summed E-state index contributed by atoms with van der Waals surface area (Å²) >= 11 is 0. The molecule has 0 spiro atoms. The molecular weight excluding hydrogens is 262 g/mol. The van der Waals surface area contributed by atoms with E-state index < -0.39 is 0 Å². The van der Waals surface area contributed by atoms with Crippen LogP contribution in [-0.4, -0.2) is 32.2 Å². The van der Waals surface area contributed by atoms with E-state index >= 15 is 0 Å². The fourth-order valence-electron chi connectivity index (χ4n) is 3.31. The Kier molecular flexibility index (Phi) is 2.80. The Morgan fingerprint density at radius 2 is 2.00 bits per heavy atom. The van der Waals surface area contributed by atoms with Crippen molar-refractivity contribution in [1.82, 2.24) is 19.6 Å². The lowest BCUT2D eigenvalue weighted by atomic mass is 10.0. The van der Waals surface area contributed by atoms with Gasteiger partial charge in [-0.2, -0.15) is 0 Å². The van der Waals surface area contributed by atoms with Gasteiger partial charge in [-0.3, -0.25) is 4.40 Å². The predicted molar refractivity (Wildman–Crippen MR) is 83.7 cm³/mol. The van der Waals surface area contributed by atoms with Crippen LogP contribution in [0.2, 0.25) is 0 Å². The molecule has 0 N–H and O–H groups in total. The van der Waals surface area contributed by atoms with Gasteiger partial charge in [-0.1, -0.05) is 12.1 Å². The molecule has 1 atom stereocenters. The van der Waals surface area contributed by atoms with Gasteiger partial charge in [-0.05, 0) is 45.2 Å². The summed E-state index contributed by atoms with van der Waals surface area (Å²) in [7, 11) is 0. The summed E-state index contributed by atoms with van der Waals surface area (Å²) in [6.07, 6.45) is 3.74. The summed E-state index contributed by atoms with van der Waals surface area (Å²) < 4.78 is 2.12. The number of anilines is 1. The van der Waals surface area contributed by atoms with E-state index in [-0.39, 0.29) is 0 Å². The highest BCUT2D eigenvalue weighted by atomic mass is 15.3. The molecule has 5 nitrogen and oxygen atoms in total. The average molecular weight is 281 g/mol. The first-order valence-corrected chi connectivity index (χ1v) is 7.63. The molecule has 3 aromatic rings. The minimum absolute atomic E-state index is 0.508. The monoisotopic (exact) mass is 281 g/mol.